The Bertz CT molecular complexity index is 554. The van der Waals surface area contributed by atoms with Crippen molar-refractivity contribution < 1.29 is 14.4 Å². The van der Waals surface area contributed by atoms with Crippen molar-refractivity contribution in [1.82, 2.24) is 4.98 Å². The first-order valence-electron chi connectivity index (χ1n) is 5.11. The number of nitro benzene ring substituents is 1. The molecule has 0 saturated heterocycles. The van der Waals surface area contributed by atoms with Crippen LogP contribution in [0.5, 0.6) is 17.4 Å². The number of nitrogens with zero attached hydrogens (tertiary/aromatic N) is 2. The van der Waals surface area contributed by atoms with E-state index in [1.165, 1.54) is 31.4 Å². The molecule has 0 aliphatic carbocycles. The highest BCUT2D eigenvalue weighted by molar-refractivity contribution is 5.39. The summed E-state index contributed by atoms with van der Waals surface area (Å²) in [6.45, 7) is 0. The van der Waals surface area contributed by atoms with Gasteiger partial charge in [0, 0.05) is 24.4 Å². The van der Waals surface area contributed by atoms with Crippen molar-refractivity contribution in [2.75, 3.05) is 7.11 Å². The van der Waals surface area contributed by atoms with Crippen molar-refractivity contribution in [3.05, 3.63) is 52.7 Å². The molecule has 0 aliphatic heterocycles. The zero-order valence-electron chi connectivity index (χ0n) is 9.57. The number of nitro groups is 1. The summed E-state index contributed by atoms with van der Waals surface area (Å²) in [5.74, 6) is 1.50. The summed E-state index contributed by atoms with van der Waals surface area (Å²) in [4.78, 5) is 14.0. The summed E-state index contributed by atoms with van der Waals surface area (Å²) in [6.07, 6.45) is 1.56. The molecule has 0 aliphatic rings. The summed E-state index contributed by atoms with van der Waals surface area (Å²) < 4.78 is 10.5. The highest BCUT2D eigenvalue weighted by atomic mass is 16.6. The molecule has 0 spiro atoms. The van der Waals surface area contributed by atoms with E-state index in [2.05, 4.69) is 4.98 Å². The van der Waals surface area contributed by atoms with Gasteiger partial charge >= 0.3 is 0 Å². The molecule has 0 unspecified atom stereocenters. The number of aromatic nitrogens is 1. The monoisotopic (exact) mass is 246 g/mol. The third-order valence-corrected chi connectivity index (χ3v) is 2.20. The number of hydrogen-bond acceptors (Lipinski definition) is 5. The SMILES string of the molecule is COc1cc(Oc2ccc([N+](=O)[O-])cc2)ccn1. The van der Waals surface area contributed by atoms with Gasteiger partial charge < -0.3 is 9.47 Å². The standard InChI is InChI=1S/C12H10N2O4/c1-17-12-8-11(6-7-13-12)18-10-4-2-9(3-5-10)14(15)16/h2-8H,1H3. The average molecular weight is 246 g/mol. The lowest BCUT2D eigenvalue weighted by Gasteiger charge is -2.06. The van der Waals surface area contributed by atoms with Crippen LogP contribution >= 0.6 is 0 Å². The summed E-state index contributed by atoms with van der Waals surface area (Å²) in [6, 6.07) is 9.13. The lowest BCUT2D eigenvalue weighted by Crippen LogP contribution is -1.90. The largest absolute Gasteiger partial charge is 0.481 e. The maximum atomic E-state index is 10.5. The minimum Gasteiger partial charge on any atom is -0.481 e. The second-order valence-corrected chi connectivity index (χ2v) is 3.39. The van der Waals surface area contributed by atoms with Crippen molar-refractivity contribution in [3.63, 3.8) is 0 Å². The molecule has 0 saturated carbocycles. The summed E-state index contributed by atoms with van der Waals surface area (Å²) in [5.41, 5.74) is 0.0228. The fourth-order valence-electron chi connectivity index (χ4n) is 1.34. The Balaban J connectivity index is 2.15. The number of pyridine rings is 1. The molecule has 6 nitrogen and oxygen atoms in total. The van der Waals surface area contributed by atoms with Gasteiger partial charge in [-0.25, -0.2) is 4.98 Å². The smallest absolute Gasteiger partial charge is 0.269 e. The molecule has 0 N–H and O–H groups in total. The van der Waals surface area contributed by atoms with Gasteiger partial charge in [0.05, 0.1) is 12.0 Å². The topological polar surface area (TPSA) is 74.5 Å². The zero-order valence-corrected chi connectivity index (χ0v) is 9.57. The van der Waals surface area contributed by atoms with E-state index in [-0.39, 0.29) is 5.69 Å². The Morgan fingerprint density at radius 1 is 1.17 bits per heavy atom. The molecule has 1 aromatic carbocycles. The molecule has 92 valence electrons. The Morgan fingerprint density at radius 3 is 2.50 bits per heavy atom. The molecule has 2 aromatic rings. The van der Waals surface area contributed by atoms with Gasteiger partial charge in [-0.15, -0.1) is 0 Å². The highest BCUT2D eigenvalue weighted by Crippen LogP contribution is 2.25. The van der Waals surface area contributed by atoms with Gasteiger partial charge in [0.15, 0.2) is 0 Å². The third kappa shape index (κ3) is 2.73. The van der Waals surface area contributed by atoms with E-state index in [1.807, 2.05) is 0 Å². The molecular weight excluding hydrogens is 236 g/mol. The van der Waals surface area contributed by atoms with Crippen LogP contribution in [0.2, 0.25) is 0 Å². The van der Waals surface area contributed by atoms with Crippen LogP contribution in [0, 0.1) is 10.1 Å². The number of benzene rings is 1. The molecule has 1 aromatic heterocycles. The van der Waals surface area contributed by atoms with Crippen molar-refractivity contribution in [2.45, 2.75) is 0 Å². The maximum absolute atomic E-state index is 10.5. The van der Waals surface area contributed by atoms with Gasteiger partial charge in [0.2, 0.25) is 5.88 Å². The number of hydrogen-bond donors (Lipinski definition) is 0. The van der Waals surface area contributed by atoms with E-state index in [1.54, 1.807) is 18.3 Å². The molecule has 1 heterocycles. The average Bonchev–Trinajstić information content (AvgIpc) is 2.39. The van der Waals surface area contributed by atoms with E-state index in [0.717, 1.165) is 0 Å². The van der Waals surface area contributed by atoms with E-state index in [9.17, 15) is 10.1 Å². The van der Waals surface area contributed by atoms with Gasteiger partial charge in [-0.3, -0.25) is 10.1 Å². The van der Waals surface area contributed by atoms with Crippen LogP contribution in [0.3, 0.4) is 0 Å². The Morgan fingerprint density at radius 2 is 1.89 bits per heavy atom. The van der Waals surface area contributed by atoms with E-state index >= 15 is 0 Å². The first-order valence-corrected chi connectivity index (χ1v) is 5.11. The molecule has 0 fully saturated rings. The predicted octanol–water partition coefficient (Wildman–Crippen LogP) is 2.79. The van der Waals surface area contributed by atoms with Crippen molar-refractivity contribution in [1.29, 1.82) is 0 Å². The lowest BCUT2D eigenvalue weighted by atomic mass is 10.3. The van der Waals surface area contributed by atoms with Crippen molar-refractivity contribution in [2.24, 2.45) is 0 Å². The number of methoxy groups -OCH3 is 1. The summed E-state index contributed by atoms with van der Waals surface area (Å²) in [7, 11) is 1.51. The van der Waals surface area contributed by atoms with E-state index in [0.29, 0.717) is 17.4 Å². The van der Waals surface area contributed by atoms with Gasteiger partial charge in [-0.1, -0.05) is 0 Å². The van der Waals surface area contributed by atoms with Crippen LogP contribution in [0.25, 0.3) is 0 Å². The fourth-order valence-corrected chi connectivity index (χ4v) is 1.34. The predicted molar refractivity (Wildman–Crippen MR) is 64.0 cm³/mol. The number of ether oxygens (including phenoxy) is 2. The summed E-state index contributed by atoms with van der Waals surface area (Å²) in [5, 5.41) is 10.5. The minimum atomic E-state index is -0.459. The zero-order chi connectivity index (χ0) is 13.0. The van der Waals surface area contributed by atoms with Crippen LogP contribution in [0.4, 0.5) is 5.69 Å². The van der Waals surface area contributed by atoms with E-state index < -0.39 is 4.92 Å². The molecule has 6 heteroatoms. The fraction of sp³-hybridized carbons (Fsp3) is 0.0833. The van der Waals surface area contributed by atoms with Gasteiger partial charge in [0.1, 0.15) is 11.5 Å². The normalized spacial score (nSPS) is 9.83. The molecular formula is C12H10N2O4. The Labute approximate surface area is 103 Å². The van der Waals surface area contributed by atoms with Gasteiger partial charge in [-0.05, 0) is 18.2 Å². The molecule has 18 heavy (non-hydrogen) atoms. The van der Waals surface area contributed by atoms with Crippen LogP contribution in [0.15, 0.2) is 42.6 Å². The van der Waals surface area contributed by atoms with Crippen LogP contribution in [-0.2, 0) is 0 Å². The highest BCUT2D eigenvalue weighted by Gasteiger charge is 2.05. The first-order chi connectivity index (χ1) is 8.69. The van der Waals surface area contributed by atoms with Crippen molar-refractivity contribution in [3.8, 4) is 17.4 Å². The third-order valence-electron chi connectivity index (χ3n) is 2.20. The lowest BCUT2D eigenvalue weighted by molar-refractivity contribution is -0.384. The molecule has 0 atom stereocenters. The van der Waals surface area contributed by atoms with E-state index in [4.69, 9.17) is 9.47 Å². The molecule has 0 radical (unpaired) electrons. The van der Waals surface area contributed by atoms with Gasteiger partial charge in [-0.2, -0.15) is 0 Å². The Kier molecular flexibility index (Phi) is 3.38. The van der Waals surface area contributed by atoms with Crippen LogP contribution < -0.4 is 9.47 Å². The van der Waals surface area contributed by atoms with Crippen LogP contribution in [0.1, 0.15) is 0 Å². The van der Waals surface area contributed by atoms with Crippen LogP contribution in [-0.4, -0.2) is 17.0 Å². The van der Waals surface area contributed by atoms with Crippen molar-refractivity contribution >= 4 is 5.69 Å². The number of rotatable bonds is 4. The second kappa shape index (κ2) is 5.13. The minimum absolute atomic E-state index is 0.0228. The molecule has 0 bridgehead atoms. The number of non-ortho nitro benzene ring substituents is 1. The Hall–Kier alpha value is -2.63. The first kappa shape index (κ1) is 11.8. The maximum Gasteiger partial charge on any atom is 0.269 e. The molecule has 0 amide bonds. The van der Waals surface area contributed by atoms with Gasteiger partial charge in [0.25, 0.3) is 5.69 Å². The quantitative estimate of drug-likeness (QED) is 0.612. The molecule has 2 rings (SSSR count). The second-order valence-electron chi connectivity index (χ2n) is 3.39. The summed E-state index contributed by atoms with van der Waals surface area (Å²) >= 11 is 0.